The molecule has 26 heavy (non-hydrogen) atoms. The zero-order chi connectivity index (χ0) is 18.7. The van der Waals surface area contributed by atoms with E-state index in [-0.39, 0.29) is 5.97 Å². The van der Waals surface area contributed by atoms with Gasteiger partial charge in [-0.1, -0.05) is 70.1 Å². The van der Waals surface area contributed by atoms with Crippen LogP contribution in [0.4, 0.5) is 0 Å². The molecule has 0 amide bonds. The number of allylic oxidation sites excluding steroid dienone is 2. The van der Waals surface area contributed by atoms with Gasteiger partial charge in [-0.3, -0.25) is 9.78 Å². The van der Waals surface area contributed by atoms with E-state index in [0.29, 0.717) is 13.0 Å². The van der Waals surface area contributed by atoms with E-state index in [1.54, 1.807) is 12.4 Å². The van der Waals surface area contributed by atoms with Gasteiger partial charge in [0.1, 0.15) is 6.61 Å². The molecule has 0 aromatic carbocycles. The first kappa shape index (κ1) is 22.4. The predicted octanol–water partition coefficient (Wildman–Crippen LogP) is 6.77. The van der Waals surface area contributed by atoms with Gasteiger partial charge in [0.25, 0.3) is 0 Å². The number of aromatic nitrogens is 1. The van der Waals surface area contributed by atoms with Crippen LogP contribution in [0.1, 0.15) is 96.0 Å². The van der Waals surface area contributed by atoms with Crippen molar-refractivity contribution in [2.75, 3.05) is 0 Å². The minimum absolute atomic E-state index is 0.0976. The highest BCUT2D eigenvalue weighted by Gasteiger charge is 2.03. The summed E-state index contributed by atoms with van der Waals surface area (Å²) in [5.41, 5.74) is 0.941. The molecule has 0 aliphatic carbocycles. The molecule has 1 aromatic rings. The van der Waals surface area contributed by atoms with Gasteiger partial charge in [-0.25, -0.2) is 0 Å². The lowest BCUT2D eigenvalue weighted by atomic mass is 10.1. The molecule has 3 heteroatoms. The fourth-order valence-corrected chi connectivity index (χ4v) is 2.88. The molecule has 0 radical (unpaired) electrons. The Morgan fingerprint density at radius 1 is 0.962 bits per heavy atom. The molecular weight excluding hydrogens is 322 g/mol. The van der Waals surface area contributed by atoms with Crippen molar-refractivity contribution < 1.29 is 9.53 Å². The number of carbonyl (C=O) groups excluding carboxylic acids is 1. The standard InChI is InChI=1S/C23H37NO2/c1-2-3-4-5-6-7-8-9-10-11-12-13-14-15-18-23(25)26-21-22-17-16-19-24-20-22/h6-7,16-17,19-20H,2-5,8-15,18,21H2,1H3/b7-6-. The minimum Gasteiger partial charge on any atom is -0.461 e. The van der Waals surface area contributed by atoms with Crippen molar-refractivity contribution in [1.82, 2.24) is 4.98 Å². The number of rotatable bonds is 16. The van der Waals surface area contributed by atoms with Gasteiger partial charge in [0, 0.05) is 24.4 Å². The van der Waals surface area contributed by atoms with Crippen LogP contribution in [0.15, 0.2) is 36.7 Å². The summed E-state index contributed by atoms with van der Waals surface area (Å²) >= 11 is 0. The molecule has 0 bridgehead atoms. The summed E-state index contributed by atoms with van der Waals surface area (Å²) in [6.45, 7) is 2.58. The van der Waals surface area contributed by atoms with Gasteiger partial charge >= 0.3 is 5.97 Å². The Kier molecular flexibility index (Phi) is 14.5. The van der Waals surface area contributed by atoms with Crippen LogP contribution in [0.25, 0.3) is 0 Å². The summed E-state index contributed by atoms with van der Waals surface area (Å²) in [6.07, 6.45) is 23.7. The summed E-state index contributed by atoms with van der Waals surface area (Å²) in [5, 5.41) is 0. The summed E-state index contributed by atoms with van der Waals surface area (Å²) < 4.78 is 5.26. The van der Waals surface area contributed by atoms with E-state index in [9.17, 15) is 4.79 Å². The van der Waals surface area contributed by atoms with Crippen molar-refractivity contribution in [2.24, 2.45) is 0 Å². The molecule has 0 aliphatic heterocycles. The van der Waals surface area contributed by atoms with Crippen LogP contribution in [0.5, 0.6) is 0 Å². The van der Waals surface area contributed by atoms with Gasteiger partial charge in [-0.2, -0.15) is 0 Å². The van der Waals surface area contributed by atoms with E-state index in [2.05, 4.69) is 24.1 Å². The second-order valence-corrected chi connectivity index (χ2v) is 7.00. The lowest BCUT2D eigenvalue weighted by Crippen LogP contribution is -2.04. The van der Waals surface area contributed by atoms with E-state index in [1.165, 1.54) is 64.2 Å². The average molecular weight is 360 g/mol. The molecule has 1 heterocycles. The predicted molar refractivity (Wildman–Crippen MR) is 109 cm³/mol. The van der Waals surface area contributed by atoms with Crippen molar-refractivity contribution in [3.05, 3.63) is 42.2 Å². The number of hydrogen-bond acceptors (Lipinski definition) is 3. The van der Waals surface area contributed by atoms with Gasteiger partial charge in [0.2, 0.25) is 0 Å². The quantitative estimate of drug-likeness (QED) is 0.186. The topological polar surface area (TPSA) is 39.2 Å². The third kappa shape index (κ3) is 13.6. The molecule has 0 saturated heterocycles. The summed E-state index contributed by atoms with van der Waals surface area (Å²) in [4.78, 5) is 15.7. The number of pyridine rings is 1. The van der Waals surface area contributed by atoms with Gasteiger partial charge in [-0.15, -0.1) is 0 Å². The first-order chi connectivity index (χ1) is 12.8. The highest BCUT2D eigenvalue weighted by Crippen LogP contribution is 2.11. The van der Waals surface area contributed by atoms with Gasteiger partial charge in [0.15, 0.2) is 0 Å². The van der Waals surface area contributed by atoms with Crippen molar-refractivity contribution in [2.45, 2.75) is 97.0 Å². The Morgan fingerprint density at radius 2 is 1.62 bits per heavy atom. The maximum absolute atomic E-state index is 11.7. The highest BCUT2D eigenvalue weighted by atomic mass is 16.5. The number of nitrogens with zero attached hydrogens (tertiary/aromatic N) is 1. The van der Waals surface area contributed by atoms with Crippen LogP contribution in [-0.2, 0) is 16.1 Å². The zero-order valence-electron chi connectivity index (χ0n) is 16.6. The molecule has 0 atom stereocenters. The molecule has 1 aromatic heterocycles. The van der Waals surface area contributed by atoms with E-state index < -0.39 is 0 Å². The minimum atomic E-state index is -0.0976. The lowest BCUT2D eigenvalue weighted by molar-refractivity contribution is -0.145. The fourth-order valence-electron chi connectivity index (χ4n) is 2.88. The first-order valence-corrected chi connectivity index (χ1v) is 10.5. The Bertz CT molecular complexity index is 470. The Hall–Kier alpha value is -1.64. The molecular formula is C23H37NO2. The molecule has 0 saturated carbocycles. The Labute approximate surface area is 160 Å². The van der Waals surface area contributed by atoms with Crippen LogP contribution < -0.4 is 0 Å². The molecule has 0 spiro atoms. The van der Waals surface area contributed by atoms with E-state index in [4.69, 9.17) is 4.74 Å². The second kappa shape index (κ2) is 16.8. The fraction of sp³-hybridized carbons (Fsp3) is 0.652. The van der Waals surface area contributed by atoms with Gasteiger partial charge in [0.05, 0.1) is 0 Å². The molecule has 146 valence electrons. The molecule has 0 N–H and O–H groups in total. The largest absolute Gasteiger partial charge is 0.461 e. The molecule has 1 rings (SSSR count). The average Bonchev–Trinajstić information content (AvgIpc) is 2.67. The molecule has 0 fully saturated rings. The van der Waals surface area contributed by atoms with Crippen molar-refractivity contribution in [1.29, 1.82) is 0 Å². The summed E-state index contributed by atoms with van der Waals surface area (Å²) in [5.74, 6) is -0.0976. The van der Waals surface area contributed by atoms with E-state index in [0.717, 1.165) is 18.4 Å². The SMILES string of the molecule is CCCCC/C=C\CCCCCCCCCC(=O)OCc1cccnc1. The van der Waals surface area contributed by atoms with Crippen LogP contribution in [0.3, 0.4) is 0 Å². The normalized spacial score (nSPS) is 11.1. The molecule has 3 nitrogen and oxygen atoms in total. The van der Waals surface area contributed by atoms with E-state index in [1.807, 2.05) is 12.1 Å². The van der Waals surface area contributed by atoms with Crippen molar-refractivity contribution >= 4 is 5.97 Å². The van der Waals surface area contributed by atoms with Crippen LogP contribution in [0.2, 0.25) is 0 Å². The number of hydrogen-bond donors (Lipinski definition) is 0. The monoisotopic (exact) mass is 359 g/mol. The Balaban J connectivity index is 1.82. The van der Waals surface area contributed by atoms with Crippen LogP contribution in [-0.4, -0.2) is 11.0 Å². The first-order valence-electron chi connectivity index (χ1n) is 10.5. The molecule has 0 unspecified atom stereocenters. The maximum atomic E-state index is 11.7. The third-order valence-corrected chi connectivity index (χ3v) is 4.52. The van der Waals surface area contributed by atoms with Crippen molar-refractivity contribution in [3.63, 3.8) is 0 Å². The Morgan fingerprint density at radius 3 is 2.27 bits per heavy atom. The van der Waals surface area contributed by atoms with Crippen LogP contribution >= 0.6 is 0 Å². The van der Waals surface area contributed by atoms with Gasteiger partial charge in [-0.05, 0) is 38.2 Å². The lowest BCUT2D eigenvalue weighted by Gasteiger charge is -2.05. The number of ether oxygens (including phenoxy) is 1. The second-order valence-electron chi connectivity index (χ2n) is 7.00. The highest BCUT2D eigenvalue weighted by molar-refractivity contribution is 5.69. The van der Waals surface area contributed by atoms with Gasteiger partial charge < -0.3 is 4.74 Å². The smallest absolute Gasteiger partial charge is 0.306 e. The summed E-state index contributed by atoms with van der Waals surface area (Å²) in [6, 6.07) is 3.77. The third-order valence-electron chi connectivity index (χ3n) is 4.52. The maximum Gasteiger partial charge on any atom is 0.306 e. The number of esters is 1. The zero-order valence-corrected chi connectivity index (χ0v) is 16.6. The van der Waals surface area contributed by atoms with Crippen molar-refractivity contribution in [3.8, 4) is 0 Å². The number of carbonyl (C=O) groups is 1. The van der Waals surface area contributed by atoms with Crippen LogP contribution in [0, 0.1) is 0 Å². The van der Waals surface area contributed by atoms with E-state index >= 15 is 0 Å². The molecule has 0 aliphatic rings. The number of unbranched alkanes of at least 4 members (excludes halogenated alkanes) is 10. The summed E-state index contributed by atoms with van der Waals surface area (Å²) in [7, 11) is 0.